The SMILES string of the molecule is O=C(NCc1ccccn1)NC1CCCCCC1. The van der Waals surface area contributed by atoms with Crippen LogP contribution in [-0.2, 0) is 6.54 Å². The van der Waals surface area contributed by atoms with E-state index in [1.165, 1.54) is 25.7 Å². The van der Waals surface area contributed by atoms with E-state index in [0.29, 0.717) is 12.6 Å². The normalized spacial score (nSPS) is 16.9. The Morgan fingerprint density at radius 1 is 1.22 bits per heavy atom. The van der Waals surface area contributed by atoms with Gasteiger partial charge in [-0.3, -0.25) is 4.98 Å². The van der Waals surface area contributed by atoms with E-state index in [2.05, 4.69) is 15.6 Å². The van der Waals surface area contributed by atoms with Crippen molar-refractivity contribution < 1.29 is 4.79 Å². The maximum absolute atomic E-state index is 11.7. The zero-order chi connectivity index (χ0) is 12.6. The lowest BCUT2D eigenvalue weighted by molar-refractivity contribution is 0.235. The Morgan fingerprint density at radius 2 is 2.00 bits per heavy atom. The van der Waals surface area contributed by atoms with Crippen LogP contribution in [0.2, 0.25) is 0 Å². The topological polar surface area (TPSA) is 54.0 Å². The Labute approximate surface area is 108 Å². The minimum Gasteiger partial charge on any atom is -0.335 e. The Balaban J connectivity index is 1.71. The lowest BCUT2D eigenvalue weighted by Crippen LogP contribution is -2.41. The summed E-state index contributed by atoms with van der Waals surface area (Å²) < 4.78 is 0. The van der Waals surface area contributed by atoms with Crippen molar-refractivity contribution >= 4 is 6.03 Å². The van der Waals surface area contributed by atoms with Gasteiger partial charge in [0.25, 0.3) is 0 Å². The molecule has 1 saturated carbocycles. The second kappa shape index (κ2) is 6.99. The lowest BCUT2D eigenvalue weighted by Gasteiger charge is -2.16. The Hall–Kier alpha value is -1.58. The van der Waals surface area contributed by atoms with E-state index in [1.54, 1.807) is 6.20 Å². The molecule has 2 amide bonds. The number of nitrogens with one attached hydrogen (secondary N) is 2. The van der Waals surface area contributed by atoms with Crippen molar-refractivity contribution in [1.29, 1.82) is 0 Å². The van der Waals surface area contributed by atoms with Crippen molar-refractivity contribution in [2.45, 2.75) is 51.1 Å². The number of nitrogens with zero attached hydrogens (tertiary/aromatic N) is 1. The molecular weight excluding hydrogens is 226 g/mol. The molecule has 1 aromatic rings. The van der Waals surface area contributed by atoms with Crippen LogP contribution < -0.4 is 10.6 Å². The van der Waals surface area contributed by atoms with Crippen LogP contribution in [0.4, 0.5) is 4.79 Å². The average Bonchev–Trinajstić information content (AvgIpc) is 2.66. The minimum absolute atomic E-state index is 0.0763. The fourth-order valence-electron chi connectivity index (χ4n) is 2.33. The van der Waals surface area contributed by atoms with Crippen LogP contribution in [0.15, 0.2) is 24.4 Å². The van der Waals surface area contributed by atoms with Gasteiger partial charge in [-0.15, -0.1) is 0 Å². The Morgan fingerprint density at radius 3 is 2.67 bits per heavy atom. The van der Waals surface area contributed by atoms with Gasteiger partial charge in [-0.25, -0.2) is 4.79 Å². The monoisotopic (exact) mass is 247 g/mol. The van der Waals surface area contributed by atoms with Gasteiger partial charge >= 0.3 is 6.03 Å². The highest BCUT2D eigenvalue weighted by molar-refractivity contribution is 5.74. The molecule has 98 valence electrons. The van der Waals surface area contributed by atoms with Gasteiger partial charge in [0.15, 0.2) is 0 Å². The first-order chi connectivity index (χ1) is 8.84. The van der Waals surface area contributed by atoms with E-state index in [1.807, 2.05) is 18.2 Å². The predicted octanol–water partition coefficient (Wildman–Crippen LogP) is 2.60. The first-order valence-electron chi connectivity index (χ1n) is 6.79. The lowest BCUT2D eigenvalue weighted by atomic mass is 10.1. The molecule has 2 rings (SSSR count). The first kappa shape index (κ1) is 12.9. The molecule has 1 aliphatic carbocycles. The average molecular weight is 247 g/mol. The van der Waals surface area contributed by atoms with Crippen molar-refractivity contribution in [3.8, 4) is 0 Å². The first-order valence-corrected chi connectivity index (χ1v) is 6.79. The molecule has 18 heavy (non-hydrogen) atoms. The summed E-state index contributed by atoms with van der Waals surface area (Å²) in [5, 5.41) is 5.91. The third kappa shape index (κ3) is 4.35. The summed E-state index contributed by atoms with van der Waals surface area (Å²) in [7, 11) is 0. The maximum atomic E-state index is 11.7. The maximum Gasteiger partial charge on any atom is 0.315 e. The van der Waals surface area contributed by atoms with Crippen LogP contribution in [-0.4, -0.2) is 17.1 Å². The van der Waals surface area contributed by atoms with E-state index in [-0.39, 0.29) is 6.03 Å². The van der Waals surface area contributed by atoms with Crippen molar-refractivity contribution in [3.05, 3.63) is 30.1 Å². The van der Waals surface area contributed by atoms with E-state index in [9.17, 15) is 4.79 Å². The fourth-order valence-corrected chi connectivity index (χ4v) is 2.33. The van der Waals surface area contributed by atoms with Crippen LogP contribution in [0, 0.1) is 0 Å². The van der Waals surface area contributed by atoms with Gasteiger partial charge in [-0.1, -0.05) is 31.7 Å². The quantitative estimate of drug-likeness (QED) is 0.807. The second-order valence-corrected chi connectivity index (χ2v) is 4.84. The van der Waals surface area contributed by atoms with E-state index in [0.717, 1.165) is 18.5 Å². The number of hydrogen-bond acceptors (Lipinski definition) is 2. The van der Waals surface area contributed by atoms with Crippen molar-refractivity contribution in [2.24, 2.45) is 0 Å². The number of pyridine rings is 1. The van der Waals surface area contributed by atoms with Crippen LogP contribution in [0.1, 0.15) is 44.2 Å². The van der Waals surface area contributed by atoms with Gasteiger partial charge in [0, 0.05) is 12.2 Å². The third-order valence-electron chi connectivity index (χ3n) is 3.35. The smallest absolute Gasteiger partial charge is 0.315 e. The summed E-state index contributed by atoms with van der Waals surface area (Å²) in [4.78, 5) is 15.9. The van der Waals surface area contributed by atoms with E-state index < -0.39 is 0 Å². The summed E-state index contributed by atoms with van der Waals surface area (Å²) in [5.74, 6) is 0. The van der Waals surface area contributed by atoms with Gasteiger partial charge in [-0.2, -0.15) is 0 Å². The molecule has 2 N–H and O–H groups in total. The van der Waals surface area contributed by atoms with Gasteiger partial charge in [0.05, 0.1) is 12.2 Å². The molecule has 0 aliphatic heterocycles. The van der Waals surface area contributed by atoms with Gasteiger partial charge in [0.1, 0.15) is 0 Å². The molecule has 1 heterocycles. The highest BCUT2D eigenvalue weighted by Crippen LogP contribution is 2.16. The number of carbonyl (C=O) groups excluding carboxylic acids is 1. The molecule has 0 aromatic carbocycles. The van der Waals surface area contributed by atoms with Crippen LogP contribution in [0.25, 0.3) is 0 Å². The summed E-state index contributed by atoms with van der Waals surface area (Å²) in [6.07, 6.45) is 9.01. The molecule has 0 radical (unpaired) electrons. The molecule has 1 aliphatic rings. The molecule has 0 atom stereocenters. The summed E-state index contributed by atoms with van der Waals surface area (Å²) in [6, 6.07) is 5.97. The minimum atomic E-state index is -0.0763. The summed E-state index contributed by atoms with van der Waals surface area (Å²) in [6.45, 7) is 0.486. The van der Waals surface area contributed by atoms with Gasteiger partial charge < -0.3 is 10.6 Å². The highest BCUT2D eigenvalue weighted by Gasteiger charge is 2.14. The van der Waals surface area contributed by atoms with Crippen LogP contribution in [0.5, 0.6) is 0 Å². The number of urea groups is 1. The number of amides is 2. The Kier molecular flexibility index (Phi) is 5.00. The molecule has 0 unspecified atom stereocenters. The zero-order valence-electron chi connectivity index (χ0n) is 10.7. The summed E-state index contributed by atoms with van der Waals surface area (Å²) in [5.41, 5.74) is 0.883. The number of hydrogen-bond donors (Lipinski definition) is 2. The van der Waals surface area contributed by atoms with Crippen molar-refractivity contribution in [2.75, 3.05) is 0 Å². The Bertz CT molecular complexity index is 359. The fraction of sp³-hybridized carbons (Fsp3) is 0.571. The summed E-state index contributed by atoms with van der Waals surface area (Å²) >= 11 is 0. The van der Waals surface area contributed by atoms with Gasteiger partial charge in [0.2, 0.25) is 0 Å². The zero-order valence-corrected chi connectivity index (χ0v) is 10.7. The van der Waals surface area contributed by atoms with E-state index in [4.69, 9.17) is 0 Å². The molecule has 0 bridgehead atoms. The largest absolute Gasteiger partial charge is 0.335 e. The van der Waals surface area contributed by atoms with E-state index >= 15 is 0 Å². The molecule has 0 saturated heterocycles. The molecule has 4 heteroatoms. The number of rotatable bonds is 3. The molecule has 1 fully saturated rings. The molecule has 0 spiro atoms. The van der Waals surface area contributed by atoms with Crippen LogP contribution in [0.3, 0.4) is 0 Å². The van der Waals surface area contributed by atoms with Crippen molar-refractivity contribution in [3.63, 3.8) is 0 Å². The van der Waals surface area contributed by atoms with Crippen molar-refractivity contribution in [1.82, 2.24) is 15.6 Å². The van der Waals surface area contributed by atoms with Crippen LogP contribution >= 0.6 is 0 Å². The number of carbonyl (C=O) groups is 1. The second-order valence-electron chi connectivity index (χ2n) is 4.84. The standard InChI is InChI=1S/C14H21N3O/c18-14(16-11-13-9-5-6-10-15-13)17-12-7-3-1-2-4-8-12/h5-6,9-10,12H,1-4,7-8,11H2,(H2,16,17,18). The highest BCUT2D eigenvalue weighted by atomic mass is 16.2. The molecule has 1 aromatic heterocycles. The predicted molar refractivity (Wildman–Crippen MR) is 71.1 cm³/mol. The molecular formula is C14H21N3O. The third-order valence-corrected chi connectivity index (χ3v) is 3.35. The molecule has 4 nitrogen and oxygen atoms in total. The number of aromatic nitrogens is 1. The van der Waals surface area contributed by atoms with Gasteiger partial charge in [-0.05, 0) is 25.0 Å².